The topological polar surface area (TPSA) is 57.1 Å². The maximum absolute atomic E-state index is 11.8. The minimum Gasteiger partial charge on any atom is -0.299 e. The average Bonchev–Trinajstić information content (AvgIpc) is 2.29. The number of amides is 1. The summed E-state index contributed by atoms with van der Waals surface area (Å²) < 4.78 is 0. The number of amidine groups is 2. The number of nitrogens with one attached hydrogen (secondary N) is 1. The van der Waals surface area contributed by atoms with Gasteiger partial charge < -0.3 is 0 Å². The van der Waals surface area contributed by atoms with Crippen LogP contribution in [0.1, 0.15) is 12.5 Å². The zero-order valence-corrected chi connectivity index (χ0v) is 8.77. The number of carbonyl (C=O) groups is 1. The summed E-state index contributed by atoms with van der Waals surface area (Å²) in [5.74, 6) is 1.28. The summed E-state index contributed by atoms with van der Waals surface area (Å²) in [5, 5.41) is 4.18. The summed E-state index contributed by atoms with van der Waals surface area (Å²) in [7, 11) is 0. The van der Waals surface area contributed by atoms with Crippen molar-refractivity contribution in [3.05, 3.63) is 29.8 Å². The van der Waals surface area contributed by atoms with E-state index >= 15 is 0 Å². The molecule has 0 aliphatic carbocycles. The molecule has 1 N–H and O–H groups in total. The highest BCUT2D eigenvalue weighted by Crippen LogP contribution is 2.26. The summed E-state index contributed by atoms with van der Waals surface area (Å²) in [4.78, 5) is 17.7. The Morgan fingerprint density at radius 2 is 2.19 bits per heavy atom. The molecule has 0 saturated carbocycles. The summed E-state index contributed by atoms with van der Waals surface area (Å²) >= 11 is 0. The molecular weight excluding hydrogens is 204 g/mol. The van der Waals surface area contributed by atoms with Gasteiger partial charge in [-0.3, -0.25) is 10.2 Å². The molecule has 2 heterocycles. The molecule has 1 aromatic carbocycles. The van der Waals surface area contributed by atoms with Crippen molar-refractivity contribution in [1.29, 1.82) is 0 Å². The van der Waals surface area contributed by atoms with Crippen LogP contribution in [-0.4, -0.2) is 29.0 Å². The molecule has 0 bridgehead atoms. The van der Waals surface area contributed by atoms with Crippen molar-refractivity contribution < 1.29 is 4.79 Å². The minimum absolute atomic E-state index is 0.0271. The lowest BCUT2D eigenvalue weighted by atomic mass is 10.1. The molecule has 0 radical (unpaired) electrons. The van der Waals surface area contributed by atoms with Crippen molar-refractivity contribution in [2.75, 3.05) is 6.54 Å². The lowest BCUT2D eigenvalue weighted by Gasteiger charge is -2.30. The molecule has 1 aromatic rings. The molecule has 5 heteroatoms. The zero-order chi connectivity index (χ0) is 11.1. The van der Waals surface area contributed by atoms with Crippen LogP contribution in [-0.2, 0) is 4.79 Å². The number of nitrogens with zero attached hydrogens (tertiary/aromatic N) is 3. The molecule has 0 fully saturated rings. The Bertz CT molecular complexity index is 533. The lowest BCUT2D eigenvalue weighted by molar-refractivity contribution is -0.124. The van der Waals surface area contributed by atoms with Crippen molar-refractivity contribution in [2.45, 2.75) is 6.92 Å². The van der Waals surface area contributed by atoms with Crippen molar-refractivity contribution >= 4 is 23.3 Å². The first-order chi connectivity index (χ1) is 7.77. The Hall–Kier alpha value is -2.17. The number of fused-ring (bicyclic) bond motifs is 3. The van der Waals surface area contributed by atoms with Crippen LogP contribution in [0.15, 0.2) is 34.4 Å². The fraction of sp³-hybridized carbons (Fsp3) is 0.182. The van der Waals surface area contributed by atoms with E-state index in [0.717, 1.165) is 11.3 Å². The summed E-state index contributed by atoms with van der Waals surface area (Å²) in [5.41, 5.74) is 4.47. The number of hydrogen-bond acceptors (Lipinski definition) is 4. The molecular formula is C11H10N4O. The predicted octanol–water partition coefficient (Wildman–Crippen LogP) is 0.844. The number of aliphatic imine (C=N–C) groups is 1. The Morgan fingerprint density at radius 1 is 1.38 bits per heavy atom. The molecule has 2 aliphatic heterocycles. The number of benzene rings is 1. The summed E-state index contributed by atoms with van der Waals surface area (Å²) in [6.45, 7) is 2.03. The third-order valence-corrected chi connectivity index (χ3v) is 2.63. The Balaban J connectivity index is 2.24. The van der Waals surface area contributed by atoms with Crippen molar-refractivity contribution in [1.82, 2.24) is 10.3 Å². The second kappa shape index (κ2) is 3.16. The lowest BCUT2D eigenvalue weighted by Crippen LogP contribution is -2.50. The van der Waals surface area contributed by atoms with E-state index in [0.29, 0.717) is 11.7 Å². The van der Waals surface area contributed by atoms with E-state index in [2.05, 4.69) is 15.5 Å². The SMILES string of the molecule is CC1=Nc2ccccc2C2=NNCC(=O)N12. The first-order valence-electron chi connectivity index (χ1n) is 5.05. The number of rotatable bonds is 0. The molecule has 0 atom stereocenters. The standard InChI is InChI=1S/C11H10N4O/c1-7-13-9-5-3-2-4-8(9)11-14-12-6-10(16)15(7)11/h2-5,12H,6H2,1H3. The number of carbonyl (C=O) groups excluding carboxylic acids is 1. The van der Waals surface area contributed by atoms with Crippen LogP contribution in [0.3, 0.4) is 0 Å². The van der Waals surface area contributed by atoms with E-state index < -0.39 is 0 Å². The van der Waals surface area contributed by atoms with Crippen LogP contribution in [0.2, 0.25) is 0 Å². The highest BCUT2D eigenvalue weighted by Gasteiger charge is 2.31. The minimum atomic E-state index is -0.0271. The maximum Gasteiger partial charge on any atom is 0.254 e. The van der Waals surface area contributed by atoms with Gasteiger partial charge in [-0.2, -0.15) is 5.10 Å². The molecule has 0 saturated heterocycles. The van der Waals surface area contributed by atoms with Gasteiger partial charge in [-0.25, -0.2) is 9.89 Å². The Morgan fingerprint density at radius 3 is 3.06 bits per heavy atom. The monoisotopic (exact) mass is 214 g/mol. The first-order valence-corrected chi connectivity index (χ1v) is 5.05. The molecule has 0 aromatic heterocycles. The van der Waals surface area contributed by atoms with Gasteiger partial charge in [0.2, 0.25) is 0 Å². The van der Waals surface area contributed by atoms with Crippen LogP contribution in [0, 0.1) is 0 Å². The van der Waals surface area contributed by atoms with E-state index in [1.165, 1.54) is 0 Å². The van der Waals surface area contributed by atoms with Gasteiger partial charge in [0.1, 0.15) is 12.4 Å². The molecule has 80 valence electrons. The van der Waals surface area contributed by atoms with E-state index in [-0.39, 0.29) is 12.5 Å². The quantitative estimate of drug-likeness (QED) is 0.695. The first kappa shape index (κ1) is 9.08. The zero-order valence-electron chi connectivity index (χ0n) is 8.77. The van der Waals surface area contributed by atoms with E-state index in [9.17, 15) is 4.79 Å². The van der Waals surface area contributed by atoms with E-state index in [4.69, 9.17) is 0 Å². The largest absolute Gasteiger partial charge is 0.299 e. The Kier molecular flexibility index (Phi) is 1.80. The van der Waals surface area contributed by atoms with Crippen LogP contribution < -0.4 is 5.43 Å². The van der Waals surface area contributed by atoms with Crippen molar-refractivity contribution in [2.24, 2.45) is 10.1 Å². The predicted molar refractivity (Wildman–Crippen MR) is 60.6 cm³/mol. The fourth-order valence-corrected chi connectivity index (χ4v) is 1.93. The fourth-order valence-electron chi connectivity index (χ4n) is 1.93. The number of hydrogen-bond donors (Lipinski definition) is 1. The van der Waals surface area contributed by atoms with E-state index in [1.54, 1.807) is 4.90 Å². The third-order valence-electron chi connectivity index (χ3n) is 2.63. The summed E-state index contributed by atoms with van der Waals surface area (Å²) in [6, 6.07) is 7.66. The average molecular weight is 214 g/mol. The summed E-state index contributed by atoms with van der Waals surface area (Å²) in [6.07, 6.45) is 0. The molecule has 1 amide bonds. The van der Waals surface area contributed by atoms with Gasteiger partial charge >= 0.3 is 0 Å². The van der Waals surface area contributed by atoms with Gasteiger partial charge in [0.25, 0.3) is 5.91 Å². The van der Waals surface area contributed by atoms with Gasteiger partial charge in [-0.1, -0.05) is 12.1 Å². The van der Waals surface area contributed by atoms with Crippen molar-refractivity contribution in [3.8, 4) is 0 Å². The number of hydrazone groups is 1. The van der Waals surface area contributed by atoms with E-state index in [1.807, 2.05) is 31.2 Å². The third kappa shape index (κ3) is 1.14. The van der Waals surface area contributed by atoms with Crippen molar-refractivity contribution in [3.63, 3.8) is 0 Å². The smallest absolute Gasteiger partial charge is 0.254 e. The van der Waals surface area contributed by atoms with Gasteiger partial charge in [0, 0.05) is 5.56 Å². The van der Waals surface area contributed by atoms with Gasteiger partial charge in [-0.15, -0.1) is 0 Å². The van der Waals surface area contributed by atoms with Gasteiger partial charge in [-0.05, 0) is 19.1 Å². The van der Waals surface area contributed by atoms with Crippen LogP contribution in [0.5, 0.6) is 0 Å². The van der Waals surface area contributed by atoms with Gasteiger partial charge in [0.05, 0.1) is 5.69 Å². The molecule has 16 heavy (non-hydrogen) atoms. The van der Waals surface area contributed by atoms with Crippen LogP contribution >= 0.6 is 0 Å². The highest BCUT2D eigenvalue weighted by molar-refractivity contribution is 6.24. The Labute approximate surface area is 92.5 Å². The van der Waals surface area contributed by atoms with Crippen LogP contribution in [0.4, 0.5) is 5.69 Å². The van der Waals surface area contributed by atoms with Crippen LogP contribution in [0.25, 0.3) is 0 Å². The molecule has 0 spiro atoms. The van der Waals surface area contributed by atoms with Gasteiger partial charge in [0.15, 0.2) is 5.84 Å². The normalized spacial score (nSPS) is 18.1. The second-order valence-electron chi connectivity index (χ2n) is 3.68. The molecule has 0 unspecified atom stereocenters. The second-order valence-corrected chi connectivity index (χ2v) is 3.68. The number of para-hydroxylation sites is 1. The molecule has 2 aliphatic rings. The highest BCUT2D eigenvalue weighted by atomic mass is 16.2. The maximum atomic E-state index is 11.8. The molecule has 5 nitrogen and oxygen atoms in total. The molecule has 3 rings (SSSR count).